The van der Waals surface area contributed by atoms with Crippen LogP contribution in [0.15, 0.2) is 30.5 Å². The average molecular weight is 285 g/mol. The summed E-state index contributed by atoms with van der Waals surface area (Å²) in [6, 6.07) is 7.94. The van der Waals surface area contributed by atoms with Crippen LogP contribution < -0.4 is 5.32 Å². The van der Waals surface area contributed by atoms with E-state index in [9.17, 15) is 0 Å². The van der Waals surface area contributed by atoms with Crippen LogP contribution in [0, 0.1) is 0 Å². The Bertz CT molecular complexity index is 676. The first-order chi connectivity index (χ1) is 9.86. The second-order valence-electron chi connectivity index (χ2n) is 4.19. The van der Waals surface area contributed by atoms with Crippen molar-refractivity contribution in [3.8, 4) is 11.4 Å². The number of tetrazole rings is 1. The van der Waals surface area contributed by atoms with Crippen LogP contribution >= 0.6 is 11.3 Å². The van der Waals surface area contributed by atoms with E-state index in [1.807, 2.05) is 30.5 Å². The monoisotopic (exact) mass is 285 g/mol. The zero-order chi connectivity index (χ0) is 13.8. The van der Waals surface area contributed by atoms with Crippen molar-refractivity contribution in [1.82, 2.24) is 30.9 Å². The summed E-state index contributed by atoms with van der Waals surface area (Å²) >= 11 is 1.63. The largest absolute Gasteiger partial charge is 0.253 e. The van der Waals surface area contributed by atoms with Crippen LogP contribution in [0.25, 0.3) is 11.4 Å². The van der Waals surface area contributed by atoms with Crippen LogP contribution in [-0.4, -0.2) is 25.6 Å². The van der Waals surface area contributed by atoms with E-state index in [2.05, 4.69) is 37.8 Å². The topological polar surface area (TPSA) is 81.4 Å². The fourth-order valence-corrected chi connectivity index (χ4v) is 2.57. The Morgan fingerprint density at radius 1 is 1.30 bits per heavy atom. The van der Waals surface area contributed by atoms with Gasteiger partial charge in [-0.05, 0) is 22.4 Å². The Balaban J connectivity index is 1.77. The van der Waals surface area contributed by atoms with E-state index in [1.54, 1.807) is 11.3 Å². The van der Waals surface area contributed by atoms with Crippen LogP contribution in [0.2, 0.25) is 0 Å². The molecular formula is C13H13N6S. The van der Waals surface area contributed by atoms with Gasteiger partial charge in [0.15, 0.2) is 5.82 Å². The highest BCUT2D eigenvalue weighted by atomic mass is 32.1. The molecule has 0 aliphatic heterocycles. The molecule has 2 aromatic heterocycles. The molecular weight excluding hydrogens is 272 g/mol. The molecule has 3 rings (SSSR count). The molecule has 101 valence electrons. The minimum Gasteiger partial charge on any atom is -0.253 e. The van der Waals surface area contributed by atoms with Crippen molar-refractivity contribution < 1.29 is 0 Å². The maximum Gasteiger partial charge on any atom is 0.204 e. The summed E-state index contributed by atoms with van der Waals surface area (Å²) in [6.45, 7) is 2.68. The van der Waals surface area contributed by atoms with Crippen LogP contribution in [0.4, 0.5) is 5.13 Å². The van der Waals surface area contributed by atoms with Crippen molar-refractivity contribution in [2.24, 2.45) is 0 Å². The number of aromatic amines is 1. The van der Waals surface area contributed by atoms with Gasteiger partial charge >= 0.3 is 0 Å². The molecule has 0 bridgehead atoms. The summed E-state index contributed by atoms with van der Waals surface area (Å²) in [7, 11) is 0. The van der Waals surface area contributed by atoms with Crippen molar-refractivity contribution in [3.05, 3.63) is 40.9 Å². The first kappa shape index (κ1) is 12.7. The summed E-state index contributed by atoms with van der Waals surface area (Å²) in [4.78, 5) is 5.54. The number of aryl methyl sites for hydroxylation is 1. The number of H-pyrrole nitrogens is 1. The standard InChI is InChI=1S/C13H13N6S/c1-2-10-8-15-13(20-10)14-7-9-5-3-4-6-11(9)12-16-18-19-17-12/h3-6,8H,2,7H2,1H3,(H,16,17,18,19). The van der Waals surface area contributed by atoms with Gasteiger partial charge in [0.2, 0.25) is 5.13 Å². The van der Waals surface area contributed by atoms with Crippen LogP contribution in [0.3, 0.4) is 0 Å². The second kappa shape index (κ2) is 5.79. The van der Waals surface area contributed by atoms with Crippen molar-refractivity contribution in [2.45, 2.75) is 19.9 Å². The van der Waals surface area contributed by atoms with E-state index in [0.29, 0.717) is 12.4 Å². The van der Waals surface area contributed by atoms with E-state index in [-0.39, 0.29) is 0 Å². The highest BCUT2D eigenvalue weighted by Crippen LogP contribution is 2.22. The smallest absolute Gasteiger partial charge is 0.204 e. The van der Waals surface area contributed by atoms with E-state index < -0.39 is 0 Å². The average Bonchev–Trinajstić information content (AvgIpc) is 3.17. The normalized spacial score (nSPS) is 10.7. The minimum atomic E-state index is 0.563. The fraction of sp³-hybridized carbons (Fsp3) is 0.231. The molecule has 0 fully saturated rings. The van der Waals surface area contributed by atoms with E-state index in [0.717, 1.165) is 22.7 Å². The molecule has 1 radical (unpaired) electrons. The van der Waals surface area contributed by atoms with Gasteiger partial charge in [0.1, 0.15) is 0 Å². The van der Waals surface area contributed by atoms with Crippen molar-refractivity contribution >= 4 is 16.5 Å². The van der Waals surface area contributed by atoms with Crippen LogP contribution in [0.1, 0.15) is 17.4 Å². The Morgan fingerprint density at radius 3 is 2.95 bits per heavy atom. The van der Waals surface area contributed by atoms with Crippen molar-refractivity contribution in [1.29, 1.82) is 0 Å². The molecule has 0 atom stereocenters. The van der Waals surface area contributed by atoms with Gasteiger partial charge in [-0.25, -0.2) is 10.1 Å². The predicted molar refractivity (Wildman–Crippen MR) is 76.6 cm³/mol. The van der Waals surface area contributed by atoms with Gasteiger partial charge in [0.25, 0.3) is 0 Å². The Labute approximate surface area is 120 Å². The summed E-state index contributed by atoms with van der Waals surface area (Å²) in [5.74, 6) is 0.657. The Kier molecular flexibility index (Phi) is 3.69. The zero-order valence-electron chi connectivity index (χ0n) is 10.9. The minimum absolute atomic E-state index is 0.563. The predicted octanol–water partition coefficient (Wildman–Crippen LogP) is 2.32. The number of thiazole rings is 1. The molecule has 0 saturated carbocycles. The first-order valence-electron chi connectivity index (χ1n) is 6.31. The molecule has 1 aromatic carbocycles. The molecule has 0 saturated heterocycles. The molecule has 7 heteroatoms. The molecule has 0 amide bonds. The lowest BCUT2D eigenvalue weighted by Crippen LogP contribution is -2.00. The van der Waals surface area contributed by atoms with Gasteiger partial charge in [0.05, 0.1) is 6.54 Å². The van der Waals surface area contributed by atoms with Gasteiger partial charge in [-0.2, -0.15) is 0 Å². The molecule has 0 spiro atoms. The summed E-state index contributed by atoms with van der Waals surface area (Å²) in [6.07, 6.45) is 2.88. The quantitative estimate of drug-likeness (QED) is 0.780. The number of nitrogens with zero attached hydrogens (tertiary/aromatic N) is 5. The van der Waals surface area contributed by atoms with E-state index in [1.165, 1.54) is 4.88 Å². The third-order valence-corrected chi connectivity index (χ3v) is 3.97. The lowest BCUT2D eigenvalue weighted by atomic mass is 10.1. The van der Waals surface area contributed by atoms with Crippen molar-refractivity contribution in [3.63, 3.8) is 0 Å². The third-order valence-electron chi connectivity index (χ3n) is 2.89. The van der Waals surface area contributed by atoms with Crippen molar-refractivity contribution in [2.75, 3.05) is 0 Å². The lowest BCUT2D eigenvalue weighted by molar-refractivity contribution is 0.855. The van der Waals surface area contributed by atoms with Gasteiger partial charge in [-0.1, -0.05) is 31.2 Å². The molecule has 2 heterocycles. The Hall–Kier alpha value is -2.28. The van der Waals surface area contributed by atoms with Crippen LogP contribution in [-0.2, 0) is 13.0 Å². The van der Waals surface area contributed by atoms with Gasteiger partial charge in [0, 0.05) is 16.6 Å². The van der Waals surface area contributed by atoms with E-state index >= 15 is 0 Å². The summed E-state index contributed by atoms with van der Waals surface area (Å²) < 4.78 is 0. The Morgan fingerprint density at radius 2 is 2.20 bits per heavy atom. The maximum absolute atomic E-state index is 4.54. The van der Waals surface area contributed by atoms with Gasteiger partial charge in [-0.3, -0.25) is 5.32 Å². The summed E-state index contributed by atoms with van der Waals surface area (Å²) in [5, 5.41) is 19.3. The number of hydrogen-bond donors (Lipinski definition) is 1. The molecule has 6 nitrogen and oxygen atoms in total. The maximum atomic E-state index is 4.54. The highest BCUT2D eigenvalue weighted by molar-refractivity contribution is 7.15. The molecule has 3 aromatic rings. The molecule has 1 N–H and O–H groups in total. The number of benzene rings is 1. The number of aromatic nitrogens is 5. The number of hydrogen-bond acceptors (Lipinski definition) is 5. The fourth-order valence-electron chi connectivity index (χ4n) is 1.85. The van der Waals surface area contributed by atoms with Crippen LogP contribution in [0.5, 0.6) is 0 Å². The third kappa shape index (κ3) is 2.67. The summed E-state index contributed by atoms with van der Waals surface area (Å²) in [5.41, 5.74) is 2.04. The molecule has 0 unspecified atom stereocenters. The second-order valence-corrected chi connectivity index (χ2v) is 5.28. The van der Waals surface area contributed by atoms with Gasteiger partial charge < -0.3 is 0 Å². The molecule has 0 aliphatic rings. The van der Waals surface area contributed by atoms with Gasteiger partial charge in [-0.15, -0.1) is 16.4 Å². The highest BCUT2D eigenvalue weighted by Gasteiger charge is 2.09. The molecule has 20 heavy (non-hydrogen) atoms. The number of rotatable bonds is 5. The molecule has 0 aliphatic carbocycles. The lowest BCUT2D eigenvalue weighted by Gasteiger charge is -2.05. The zero-order valence-corrected chi connectivity index (χ0v) is 11.8. The SMILES string of the molecule is CCc1cnc([N]Cc2ccccc2-c2nnn[nH]2)s1. The first-order valence-corrected chi connectivity index (χ1v) is 7.12. The number of nitrogens with one attached hydrogen (secondary N) is 1. The van der Waals surface area contributed by atoms with E-state index in [4.69, 9.17) is 0 Å².